The minimum absolute atomic E-state index is 0.0508. The van der Waals surface area contributed by atoms with E-state index in [0.717, 1.165) is 29.4 Å². The second-order valence-corrected chi connectivity index (χ2v) is 9.42. The van der Waals surface area contributed by atoms with Gasteiger partial charge in [-0.25, -0.2) is 9.37 Å². The fourth-order valence-electron chi connectivity index (χ4n) is 5.05. The number of para-hydroxylation sites is 1. The lowest BCUT2D eigenvalue weighted by Crippen LogP contribution is -2.37. The van der Waals surface area contributed by atoms with Crippen molar-refractivity contribution in [2.45, 2.75) is 25.5 Å². The van der Waals surface area contributed by atoms with E-state index in [1.165, 1.54) is 12.1 Å². The highest BCUT2D eigenvalue weighted by molar-refractivity contribution is 5.95. The number of fused-ring (bicyclic) bond motifs is 2. The molecule has 1 fully saturated rings. The number of hydrogen-bond acceptors (Lipinski definition) is 6. The van der Waals surface area contributed by atoms with E-state index in [4.69, 9.17) is 23.9 Å². The van der Waals surface area contributed by atoms with Gasteiger partial charge in [0.2, 0.25) is 6.79 Å². The molecule has 0 spiro atoms. The second-order valence-electron chi connectivity index (χ2n) is 9.42. The molecule has 8 heteroatoms. The van der Waals surface area contributed by atoms with Gasteiger partial charge in [0.1, 0.15) is 11.6 Å². The maximum Gasteiger partial charge on any atom is 0.254 e. The first-order chi connectivity index (χ1) is 18.6. The Labute approximate surface area is 219 Å². The highest BCUT2D eigenvalue weighted by atomic mass is 19.1. The summed E-state index contributed by atoms with van der Waals surface area (Å²) in [6.07, 6.45) is 1.80. The van der Waals surface area contributed by atoms with Crippen molar-refractivity contribution in [3.05, 3.63) is 83.7 Å². The first-order valence-electron chi connectivity index (χ1n) is 12.6. The van der Waals surface area contributed by atoms with Crippen LogP contribution >= 0.6 is 0 Å². The van der Waals surface area contributed by atoms with E-state index in [1.807, 2.05) is 30.3 Å². The number of ether oxygens (including phenoxy) is 4. The molecule has 4 aromatic rings. The van der Waals surface area contributed by atoms with Crippen LogP contribution in [0.1, 0.15) is 28.8 Å². The zero-order chi connectivity index (χ0) is 26.1. The SMILES string of the molecule is COc1ccccc1-c1nc2cc(F)ccc2cc1CN(C[C@@H]1CCCO1)C(=O)c1ccc2c(c1)OCO2. The maximum absolute atomic E-state index is 14.1. The Hall–Kier alpha value is -4.17. The summed E-state index contributed by atoms with van der Waals surface area (Å²) in [6, 6.07) is 19.3. The van der Waals surface area contributed by atoms with Crippen LogP contribution < -0.4 is 14.2 Å². The Bertz CT molecular complexity index is 1500. The van der Waals surface area contributed by atoms with Gasteiger partial charge in [-0.2, -0.15) is 0 Å². The van der Waals surface area contributed by atoms with E-state index >= 15 is 0 Å². The van der Waals surface area contributed by atoms with Crippen molar-refractivity contribution in [3.63, 3.8) is 0 Å². The summed E-state index contributed by atoms with van der Waals surface area (Å²) >= 11 is 0. The lowest BCUT2D eigenvalue weighted by molar-refractivity contribution is 0.0507. The predicted octanol–water partition coefficient (Wildman–Crippen LogP) is 5.60. The zero-order valence-corrected chi connectivity index (χ0v) is 21.0. The molecule has 2 aliphatic rings. The standard InChI is InChI=1S/C30H27FN2O5/c1-35-26-7-3-2-6-24(26)29-21(13-19-8-10-22(31)15-25(19)32-29)16-33(17-23-5-4-12-36-23)30(34)20-9-11-27-28(14-20)38-18-37-27/h2-3,6-11,13-15,23H,4-5,12,16-18H2,1H3/t23-/m0/s1. The number of pyridine rings is 1. The van der Waals surface area contributed by atoms with Crippen LogP contribution in [0.5, 0.6) is 17.2 Å². The number of rotatable bonds is 7. The number of carbonyl (C=O) groups excluding carboxylic acids is 1. The van der Waals surface area contributed by atoms with E-state index < -0.39 is 0 Å². The predicted molar refractivity (Wildman–Crippen MR) is 140 cm³/mol. The molecule has 6 rings (SSSR count). The molecule has 38 heavy (non-hydrogen) atoms. The summed E-state index contributed by atoms with van der Waals surface area (Å²) < 4.78 is 36.5. The molecule has 0 saturated carbocycles. The third-order valence-corrected chi connectivity index (χ3v) is 6.94. The fourth-order valence-corrected chi connectivity index (χ4v) is 5.05. The monoisotopic (exact) mass is 514 g/mol. The molecule has 1 saturated heterocycles. The molecule has 3 aromatic carbocycles. The quantitative estimate of drug-likeness (QED) is 0.320. The Morgan fingerprint density at radius 3 is 2.79 bits per heavy atom. The number of methoxy groups -OCH3 is 1. The van der Waals surface area contributed by atoms with Gasteiger partial charge in [-0.3, -0.25) is 4.79 Å². The maximum atomic E-state index is 14.1. The topological polar surface area (TPSA) is 70.1 Å². The minimum Gasteiger partial charge on any atom is -0.496 e. The molecular formula is C30H27FN2O5. The lowest BCUT2D eigenvalue weighted by Gasteiger charge is -2.27. The molecule has 0 bridgehead atoms. The third-order valence-electron chi connectivity index (χ3n) is 6.94. The molecule has 7 nitrogen and oxygen atoms in total. The van der Waals surface area contributed by atoms with Crippen LogP contribution in [-0.2, 0) is 11.3 Å². The number of carbonyl (C=O) groups is 1. The van der Waals surface area contributed by atoms with E-state index in [2.05, 4.69) is 0 Å². The van der Waals surface area contributed by atoms with Crippen molar-refractivity contribution in [3.8, 4) is 28.5 Å². The van der Waals surface area contributed by atoms with Crippen molar-refractivity contribution in [2.75, 3.05) is 27.1 Å². The van der Waals surface area contributed by atoms with E-state index in [9.17, 15) is 9.18 Å². The first kappa shape index (κ1) is 24.2. The van der Waals surface area contributed by atoms with Crippen molar-refractivity contribution >= 4 is 16.8 Å². The van der Waals surface area contributed by atoms with Crippen LogP contribution in [0.4, 0.5) is 4.39 Å². The van der Waals surface area contributed by atoms with Gasteiger partial charge in [0.25, 0.3) is 5.91 Å². The Balaban J connectivity index is 1.43. The van der Waals surface area contributed by atoms with Crippen molar-refractivity contribution in [2.24, 2.45) is 0 Å². The van der Waals surface area contributed by atoms with Crippen molar-refractivity contribution in [1.29, 1.82) is 0 Å². The number of aromatic nitrogens is 1. The van der Waals surface area contributed by atoms with Crippen LogP contribution in [0.3, 0.4) is 0 Å². The number of halogens is 1. The molecule has 0 N–H and O–H groups in total. The smallest absolute Gasteiger partial charge is 0.254 e. The molecule has 1 atom stereocenters. The second kappa shape index (κ2) is 10.3. The number of benzene rings is 3. The average Bonchev–Trinajstić information content (AvgIpc) is 3.63. The molecule has 3 heterocycles. The summed E-state index contributed by atoms with van der Waals surface area (Å²) in [5.74, 6) is 1.31. The fraction of sp³-hybridized carbons (Fsp3) is 0.267. The van der Waals surface area contributed by atoms with Crippen molar-refractivity contribution in [1.82, 2.24) is 9.88 Å². The summed E-state index contributed by atoms with van der Waals surface area (Å²) in [4.78, 5) is 20.5. The lowest BCUT2D eigenvalue weighted by atomic mass is 10.0. The Morgan fingerprint density at radius 2 is 1.95 bits per heavy atom. The molecule has 0 unspecified atom stereocenters. The number of amides is 1. The summed E-state index contributed by atoms with van der Waals surface area (Å²) in [5, 5.41) is 0.785. The molecule has 194 valence electrons. The van der Waals surface area contributed by atoms with Gasteiger partial charge in [-0.1, -0.05) is 12.1 Å². The van der Waals surface area contributed by atoms with Gasteiger partial charge in [0.05, 0.1) is 24.4 Å². The van der Waals surface area contributed by atoms with Gasteiger partial charge in [0, 0.05) is 42.3 Å². The van der Waals surface area contributed by atoms with E-state index in [1.54, 1.807) is 36.3 Å². The number of hydrogen-bond donors (Lipinski definition) is 0. The molecule has 0 aliphatic carbocycles. The summed E-state index contributed by atoms with van der Waals surface area (Å²) in [5.41, 5.74) is 3.25. The van der Waals surface area contributed by atoms with E-state index in [0.29, 0.717) is 47.2 Å². The summed E-state index contributed by atoms with van der Waals surface area (Å²) in [6.45, 7) is 1.53. The average molecular weight is 515 g/mol. The highest BCUT2D eigenvalue weighted by Gasteiger charge is 2.27. The van der Waals surface area contributed by atoms with Crippen LogP contribution in [-0.4, -0.2) is 48.9 Å². The van der Waals surface area contributed by atoms with Gasteiger partial charge in [0.15, 0.2) is 11.5 Å². The Morgan fingerprint density at radius 1 is 1.08 bits per heavy atom. The summed E-state index contributed by atoms with van der Waals surface area (Å²) in [7, 11) is 1.60. The normalized spacial score (nSPS) is 16.1. The van der Waals surface area contributed by atoms with Gasteiger partial charge in [-0.05, 0) is 66.9 Å². The van der Waals surface area contributed by atoms with Gasteiger partial charge in [-0.15, -0.1) is 0 Å². The highest BCUT2D eigenvalue weighted by Crippen LogP contribution is 2.35. The molecular weight excluding hydrogens is 487 g/mol. The van der Waals surface area contributed by atoms with Crippen LogP contribution in [0.2, 0.25) is 0 Å². The number of nitrogens with zero attached hydrogens (tertiary/aromatic N) is 2. The van der Waals surface area contributed by atoms with Crippen LogP contribution in [0.25, 0.3) is 22.2 Å². The molecule has 2 aliphatic heterocycles. The Kier molecular flexibility index (Phi) is 6.55. The van der Waals surface area contributed by atoms with Crippen LogP contribution in [0.15, 0.2) is 66.7 Å². The van der Waals surface area contributed by atoms with Crippen LogP contribution in [0, 0.1) is 5.82 Å². The largest absolute Gasteiger partial charge is 0.496 e. The third kappa shape index (κ3) is 4.75. The zero-order valence-electron chi connectivity index (χ0n) is 21.0. The van der Waals surface area contributed by atoms with E-state index in [-0.39, 0.29) is 31.2 Å². The molecule has 0 radical (unpaired) electrons. The van der Waals surface area contributed by atoms with Gasteiger partial charge < -0.3 is 23.8 Å². The van der Waals surface area contributed by atoms with Crippen molar-refractivity contribution < 1.29 is 28.1 Å². The first-order valence-corrected chi connectivity index (χ1v) is 12.6. The van der Waals surface area contributed by atoms with Gasteiger partial charge >= 0.3 is 0 Å². The molecule has 1 aromatic heterocycles. The minimum atomic E-state index is -0.360. The molecule has 1 amide bonds.